The average molecular weight is 356 g/mol. The highest BCUT2D eigenvalue weighted by atomic mass is 19.4. The van der Waals surface area contributed by atoms with Crippen LogP contribution in [0.4, 0.5) is 30.6 Å². The van der Waals surface area contributed by atoms with Crippen LogP contribution in [-0.2, 0) is 10.9 Å². The molecule has 7 nitrogen and oxygen atoms in total. The number of halogens is 3. The van der Waals surface area contributed by atoms with Crippen LogP contribution in [0.15, 0.2) is 25.0 Å². The summed E-state index contributed by atoms with van der Waals surface area (Å²) in [5.74, 6) is -0.278. The van der Waals surface area contributed by atoms with Gasteiger partial charge in [-0.1, -0.05) is 6.08 Å². The van der Waals surface area contributed by atoms with Crippen molar-refractivity contribution in [2.24, 2.45) is 0 Å². The van der Waals surface area contributed by atoms with Crippen molar-refractivity contribution < 1.29 is 17.9 Å². The molecular formula is C15H19F3N6O. The Hall–Kier alpha value is -2.62. The minimum atomic E-state index is -4.53. The Morgan fingerprint density at radius 1 is 1.40 bits per heavy atom. The van der Waals surface area contributed by atoms with Crippen LogP contribution in [0.2, 0.25) is 0 Å². The molecule has 2 aromatic rings. The molecule has 25 heavy (non-hydrogen) atoms. The van der Waals surface area contributed by atoms with Gasteiger partial charge in [0.1, 0.15) is 11.4 Å². The maximum Gasteiger partial charge on any atom is 0.421 e. The van der Waals surface area contributed by atoms with Gasteiger partial charge in [0.05, 0.1) is 30.2 Å². The minimum absolute atomic E-state index is 0.0295. The van der Waals surface area contributed by atoms with Crippen molar-refractivity contribution in [3.8, 4) is 0 Å². The van der Waals surface area contributed by atoms with E-state index in [4.69, 9.17) is 4.74 Å². The van der Waals surface area contributed by atoms with E-state index in [0.29, 0.717) is 12.3 Å². The van der Waals surface area contributed by atoms with E-state index in [2.05, 4.69) is 32.3 Å². The molecule has 0 unspecified atom stereocenters. The molecule has 0 aliphatic rings. The van der Waals surface area contributed by atoms with Crippen LogP contribution in [0.5, 0.6) is 0 Å². The van der Waals surface area contributed by atoms with E-state index in [-0.39, 0.29) is 17.8 Å². The van der Waals surface area contributed by atoms with Crippen molar-refractivity contribution in [2.45, 2.75) is 19.1 Å². The summed E-state index contributed by atoms with van der Waals surface area (Å²) in [7, 11) is 2.94. The SMILES string of the molecule is C=C[C@H](COC)n1ncc(Nc2ncc(C(F)(F)F)c(NC)n2)c1C. The number of aromatic nitrogens is 4. The number of alkyl halides is 3. The number of rotatable bonds is 7. The van der Waals surface area contributed by atoms with Gasteiger partial charge in [-0.05, 0) is 6.92 Å². The summed E-state index contributed by atoms with van der Waals surface area (Å²) in [6.45, 7) is 5.95. The summed E-state index contributed by atoms with van der Waals surface area (Å²) in [5, 5.41) is 9.56. The highest BCUT2D eigenvalue weighted by Crippen LogP contribution is 2.34. The van der Waals surface area contributed by atoms with Crippen LogP contribution in [0.3, 0.4) is 0 Å². The number of nitrogens with zero attached hydrogens (tertiary/aromatic N) is 4. The predicted molar refractivity (Wildman–Crippen MR) is 87.9 cm³/mol. The predicted octanol–water partition coefficient (Wildman–Crippen LogP) is 3.16. The molecular weight excluding hydrogens is 337 g/mol. The molecule has 0 bridgehead atoms. The normalized spacial score (nSPS) is 12.7. The lowest BCUT2D eigenvalue weighted by atomic mass is 10.3. The Balaban J connectivity index is 2.29. The van der Waals surface area contributed by atoms with Gasteiger partial charge in [0.15, 0.2) is 0 Å². The third kappa shape index (κ3) is 4.08. The molecule has 0 radical (unpaired) electrons. The highest BCUT2D eigenvalue weighted by Gasteiger charge is 2.35. The van der Waals surface area contributed by atoms with Crippen LogP contribution < -0.4 is 10.6 Å². The first-order chi connectivity index (χ1) is 11.8. The van der Waals surface area contributed by atoms with Crippen LogP contribution in [-0.4, -0.2) is 40.5 Å². The molecule has 0 aliphatic carbocycles. The van der Waals surface area contributed by atoms with E-state index in [0.717, 1.165) is 11.9 Å². The van der Waals surface area contributed by atoms with Gasteiger partial charge in [-0.25, -0.2) is 4.98 Å². The summed E-state index contributed by atoms with van der Waals surface area (Å²) in [4.78, 5) is 7.61. The van der Waals surface area contributed by atoms with Gasteiger partial charge in [-0.3, -0.25) is 4.68 Å². The van der Waals surface area contributed by atoms with Gasteiger partial charge in [0, 0.05) is 20.4 Å². The standard InChI is InChI=1S/C15H19F3N6O/c1-5-10(8-25-4)24-9(2)12(7-21-24)22-14-20-6-11(15(16,17)18)13(19-3)23-14/h5-7,10H,1,8H2,2-4H3,(H2,19,20,22,23)/t10-/m1/s1. The van der Waals surface area contributed by atoms with Crippen LogP contribution in [0.1, 0.15) is 17.3 Å². The lowest BCUT2D eigenvalue weighted by Gasteiger charge is -2.15. The largest absolute Gasteiger partial charge is 0.421 e. The van der Waals surface area contributed by atoms with E-state index in [1.54, 1.807) is 24.1 Å². The second kappa shape index (κ2) is 7.51. The first-order valence-electron chi connectivity index (χ1n) is 7.36. The summed E-state index contributed by atoms with van der Waals surface area (Å²) < 4.78 is 45.5. The van der Waals surface area contributed by atoms with Crippen molar-refractivity contribution in [2.75, 3.05) is 31.4 Å². The number of nitrogens with one attached hydrogen (secondary N) is 2. The van der Waals surface area contributed by atoms with Gasteiger partial charge >= 0.3 is 6.18 Å². The zero-order valence-corrected chi connectivity index (χ0v) is 14.1. The molecule has 2 N–H and O–H groups in total. The fourth-order valence-electron chi connectivity index (χ4n) is 2.25. The molecule has 0 saturated carbocycles. The third-order valence-corrected chi connectivity index (χ3v) is 3.55. The first kappa shape index (κ1) is 18.7. The summed E-state index contributed by atoms with van der Waals surface area (Å²) >= 11 is 0. The van der Waals surface area contributed by atoms with Crippen molar-refractivity contribution in [1.82, 2.24) is 19.7 Å². The van der Waals surface area contributed by atoms with Crippen molar-refractivity contribution in [3.05, 3.63) is 36.3 Å². The van der Waals surface area contributed by atoms with E-state index in [1.165, 1.54) is 7.05 Å². The molecule has 10 heteroatoms. The Morgan fingerprint density at radius 2 is 2.12 bits per heavy atom. The molecule has 0 spiro atoms. The number of hydrogen-bond donors (Lipinski definition) is 2. The lowest BCUT2D eigenvalue weighted by Crippen LogP contribution is -2.15. The monoisotopic (exact) mass is 356 g/mol. The Morgan fingerprint density at radius 3 is 2.68 bits per heavy atom. The molecule has 136 valence electrons. The topological polar surface area (TPSA) is 76.9 Å². The molecule has 0 saturated heterocycles. The summed E-state index contributed by atoms with van der Waals surface area (Å²) in [6.07, 6.45) is -0.560. The summed E-state index contributed by atoms with van der Waals surface area (Å²) in [5.41, 5.74) is 0.390. The van der Waals surface area contributed by atoms with Gasteiger partial charge < -0.3 is 15.4 Å². The number of anilines is 3. The van der Waals surface area contributed by atoms with E-state index in [1.807, 2.05) is 6.92 Å². The van der Waals surface area contributed by atoms with Crippen molar-refractivity contribution >= 4 is 17.5 Å². The maximum atomic E-state index is 12.9. The molecule has 0 aliphatic heterocycles. The average Bonchev–Trinajstić information content (AvgIpc) is 2.92. The summed E-state index contributed by atoms with van der Waals surface area (Å²) in [6, 6.07) is -0.165. The number of ether oxygens (including phenoxy) is 1. The quantitative estimate of drug-likeness (QED) is 0.742. The number of methoxy groups -OCH3 is 1. The fraction of sp³-hybridized carbons (Fsp3) is 0.400. The Labute approximate surface area is 142 Å². The third-order valence-electron chi connectivity index (χ3n) is 3.55. The zero-order chi connectivity index (χ0) is 18.6. The van der Waals surface area contributed by atoms with Gasteiger partial charge in [0.2, 0.25) is 5.95 Å². The lowest BCUT2D eigenvalue weighted by molar-refractivity contribution is -0.137. The van der Waals surface area contributed by atoms with Gasteiger partial charge in [-0.2, -0.15) is 23.3 Å². The molecule has 0 aromatic carbocycles. The molecule has 0 fully saturated rings. The smallest absolute Gasteiger partial charge is 0.382 e. The Kier molecular flexibility index (Phi) is 5.62. The molecule has 2 rings (SSSR count). The van der Waals surface area contributed by atoms with E-state index in [9.17, 15) is 13.2 Å². The van der Waals surface area contributed by atoms with Crippen LogP contribution in [0.25, 0.3) is 0 Å². The van der Waals surface area contributed by atoms with Crippen molar-refractivity contribution in [1.29, 1.82) is 0 Å². The Bertz CT molecular complexity index is 743. The molecule has 0 amide bonds. The first-order valence-corrected chi connectivity index (χ1v) is 7.36. The molecule has 1 atom stereocenters. The van der Waals surface area contributed by atoms with E-state index < -0.39 is 11.7 Å². The van der Waals surface area contributed by atoms with Gasteiger partial charge in [-0.15, -0.1) is 6.58 Å². The number of hydrogen-bond acceptors (Lipinski definition) is 6. The molecule has 2 aromatic heterocycles. The van der Waals surface area contributed by atoms with Crippen LogP contribution >= 0.6 is 0 Å². The maximum absolute atomic E-state index is 12.9. The van der Waals surface area contributed by atoms with Crippen molar-refractivity contribution in [3.63, 3.8) is 0 Å². The fourth-order valence-corrected chi connectivity index (χ4v) is 2.25. The minimum Gasteiger partial charge on any atom is -0.382 e. The van der Waals surface area contributed by atoms with Crippen LogP contribution in [0, 0.1) is 6.92 Å². The van der Waals surface area contributed by atoms with Gasteiger partial charge in [0.25, 0.3) is 0 Å². The molecule has 2 heterocycles. The highest BCUT2D eigenvalue weighted by molar-refractivity contribution is 5.58. The van der Waals surface area contributed by atoms with E-state index >= 15 is 0 Å². The second-order valence-corrected chi connectivity index (χ2v) is 5.18. The zero-order valence-electron chi connectivity index (χ0n) is 14.1. The second-order valence-electron chi connectivity index (χ2n) is 5.18.